The zero-order valence-electron chi connectivity index (χ0n) is 11.0. The summed E-state index contributed by atoms with van der Waals surface area (Å²) in [6.07, 6.45) is 3.61. The van der Waals surface area contributed by atoms with Crippen LogP contribution in [0.4, 0.5) is 11.8 Å². The van der Waals surface area contributed by atoms with Crippen LogP contribution in [0.2, 0.25) is 0 Å². The van der Waals surface area contributed by atoms with E-state index in [9.17, 15) is 0 Å². The van der Waals surface area contributed by atoms with E-state index in [1.54, 1.807) is 0 Å². The number of hydrogen-bond acceptors (Lipinski definition) is 4. The van der Waals surface area contributed by atoms with Crippen molar-refractivity contribution in [1.82, 2.24) is 9.97 Å². The molecule has 0 bridgehead atoms. The molecule has 94 valence electrons. The minimum absolute atomic E-state index is 0.454. The lowest BCUT2D eigenvalue weighted by molar-refractivity contribution is 0.756. The summed E-state index contributed by atoms with van der Waals surface area (Å²) < 4.78 is 0. The molecule has 1 unspecified atom stereocenters. The quantitative estimate of drug-likeness (QED) is 0.869. The van der Waals surface area contributed by atoms with Crippen molar-refractivity contribution in [2.45, 2.75) is 46.1 Å². The highest BCUT2D eigenvalue weighted by Crippen LogP contribution is 2.19. The maximum absolute atomic E-state index is 4.61. The summed E-state index contributed by atoms with van der Waals surface area (Å²) >= 11 is 0. The Hall–Kier alpha value is -1.32. The third-order valence-corrected chi connectivity index (χ3v) is 3.24. The van der Waals surface area contributed by atoms with Crippen molar-refractivity contribution in [3.05, 3.63) is 11.8 Å². The number of hydrogen-bond donors (Lipinski definition) is 1. The minimum Gasteiger partial charge on any atom is -0.367 e. The van der Waals surface area contributed by atoms with Gasteiger partial charge in [-0.2, -0.15) is 4.98 Å². The molecular weight excluding hydrogens is 212 g/mol. The molecule has 1 fully saturated rings. The molecule has 1 aromatic rings. The number of aromatic nitrogens is 2. The van der Waals surface area contributed by atoms with Gasteiger partial charge in [-0.15, -0.1) is 0 Å². The Morgan fingerprint density at radius 2 is 2.06 bits per heavy atom. The molecule has 0 spiro atoms. The molecule has 2 rings (SSSR count). The van der Waals surface area contributed by atoms with Gasteiger partial charge in [-0.1, -0.05) is 6.92 Å². The van der Waals surface area contributed by atoms with Crippen LogP contribution in [0, 0.1) is 6.92 Å². The number of aryl methyl sites for hydroxylation is 1. The van der Waals surface area contributed by atoms with E-state index in [-0.39, 0.29) is 0 Å². The Morgan fingerprint density at radius 1 is 1.35 bits per heavy atom. The molecule has 0 radical (unpaired) electrons. The van der Waals surface area contributed by atoms with Crippen molar-refractivity contribution >= 4 is 11.8 Å². The largest absolute Gasteiger partial charge is 0.367 e. The van der Waals surface area contributed by atoms with Crippen LogP contribution < -0.4 is 10.2 Å². The predicted octanol–water partition coefficient (Wildman–Crippen LogP) is 2.60. The van der Waals surface area contributed by atoms with Gasteiger partial charge in [0.1, 0.15) is 5.82 Å². The fourth-order valence-electron chi connectivity index (χ4n) is 2.04. The third kappa shape index (κ3) is 3.08. The van der Waals surface area contributed by atoms with Crippen LogP contribution in [0.5, 0.6) is 0 Å². The molecule has 1 N–H and O–H groups in total. The van der Waals surface area contributed by atoms with Crippen molar-refractivity contribution in [3.63, 3.8) is 0 Å². The normalized spacial score (nSPS) is 17.2. The van der Waals surface area contributed by atoms with E-state index in [2.05, 4.69) is 34.0 Å². The van der Waals surface area contributed by atoms with Gasteiger partial charge in [0.15, 0.2) is 0 Å². The summed E-state index contributed by atoms with van der Waals surface area (Å²) in [4.78, 5) is 11.4. The molecule has 4 heteroatoms. The van der Waals surface area contributed by atoms with Gasteiger partial charge in [-0.3, -0.25) is 0 Å². The van der Waals surface area contributed by atoms with Crippen LogP contribution >= 0.6 is 0 Å². The van der Waals surface area contributed by atoms with Gasteiger partial charge >= 0.3 is 0 Å². The third-order valence-electron chi connectivity index (χ3n) is 3.24. The topological polar surface area (TPSA) is 41.1 Å². The Bertz CT molecular complexity index is 372. The van der Waals surface area contributed by atoms with Gasteiger partial charge < -0.3 is 10.2 Å². The molecule has 1 saturated heterocycles. The SMILES string of the molecule is CCC(C)Nc1cc(C)nc(N2CCCC2)n1. The second-order valence-corrected chi connectivity index (χ2v) is 4.84. The van der Waals surface area contributed by atoms with Crippen LogP contribution in [0.3, 0.4) is 0 Å². The lowest BCUT2D eigenvalue weighted by atomic mass is 10.2. The van der Waals surface area contributed by atoms with Crippen LogP contribution in [0.25, 0.3) is 0 Å². The van der Waals surface area contributed by atoms with Gasteiger partial charge in [-0.25, -0.2) is 4.98 Å². The van der Waals surface area contributed by atoms with Crippen LogP contribution in [0.1, 0.15) is 38.8 Å². The fraction of sp³-hybridized carbons (Fsp3) is 0.692. The van der Waals surface area contributed by atoms with Gasteiger partial charge in [0, 0.05) is 30.9 Å². The van der Waals surface area contributed by atoms with Crippen LogP contribution in [-0.2, 0) is 0 Å². The first-order valence-corrected chi connectivity index (χ1v) is 6.56. The van der Waals surface area contributed by atoms with Gasteiger partial charge in [0.05, 0.1) is 0 Å². The molecule has 2 heterocycles. The second kappa shape index (κ2) is 5.34. The highest BCUT2D eigenvalue weighted by Gasteiger charge is 2.16. The first-order valence-electron chi connectivity index (χ1n) is 6.56. The molecule has 1 aliphatic heterocycles. The molecule has 17 heavy (non-hydrogen) atoms. The maximum atomic E-state index is 4.61. The Morgan fingerprint density at radius 3 is 2.71 bits per heavy atom. The van der Waals surface area contributed by atoms with Crippen molar-refractivity contribution < 1.29 is 0 Å². The van der Waals surface area contributed by atoms with E-state index in [4.69, 9.17) is 0 Å². The highest BCUT2D eigenvalue weighted by molar-refractivity contribution is 5.44. The van der Waals surface area contributed by atoms with Gasteiger partial charge in [0.2, 0.25) is 5.95 Å². The zero-order valence-corrected chi connectivity index (χ0v) is 11.0. The van der Waals surface area contributed by atoms with Gasteiger partial charge in [0.25, 0.3) is 0 Å². The van der Waals surface area contributed by atoms with Crippen LogP contribution in [0.15, 0.2) is 6.07 Å². The summed E-state index contributed by atoms with van der Waals surface area (Å²) in [5, 5.41) is 3.42. The molecule has 1 aliphatic rings. The van der Waals surface area contributed by atoms with Crippen molar-refractivity contribution in [3.8, 4) is 0 Å². The molecule has 0 saturated carbocycles. The number of anilines is 2. The van der Waals surface area contributed by atoms with E-state index in [1.807, 2.05) is 13.0 Å². The molecule has 4 nitrogen and oxygen atoms in total. The van der Waals surface area contributed by atoms with Crippen LogP contribution in [-0.4, -0.2) is 29.1 Å². The Balaban J connectivity index is 2.16. The average Bonchev–Trinajstić information content (AvgIpc) is 2.81. The second-order valence-electron chi connectivity index (χ2n) is 4.84. The maximum Gasteiger partial charge on any atom is 0.227 e. The Kier molecular flexibility index (Phi) is 3.82. The molecular formula is C13H22N4. The molecule has 0 amide bonds. The Labute approximate surface area is 103 Å². The smallest absolute Gasteiger partial charge is 0.227 e. The summed E-state index contributed by atoms with van der Waals surface area (Å²) in [5.41, 5.74) is 1.03. The summed E-state index contributed by atoms with van der Waals surface area (Å²) in [6, 6.07) is 2.47. The lowest BCUT2D eigenvalue weighted by Crippen LogP contribution is -2.22. The first-order chi connectivity index (χ1) is 8.19. The summed E-state index contributed by atoms with van der Waals surface area (Å²) in [5.74, 6) is 1.84. The molecule has 1 aromatic heterocycles. The van der Waals surface area contributed by atoms with Crippen molar-refractivity contribution in [1.29, 1.82) is 0 Å². The average molecular weight is 234 g/mol. The van der Waals surface area contributed by atoms with E-state index in [0.29, 0.717) is 6.04 Å². The van der Waals surface area contributed by atoms with E-state index in [1.165, 1.54) is 12.8 Å². The zero-order chi connectivity index (χ0) is 12.3. The number of nitrogens with one attached hydrogen (secondary N) is 1. The molecule has 1 atom stereocenters. The van der Waals surface area contributed by atoms with Crippen molar-refractivity contribution in [2.24, 2.45) is 0 Å². The van der Waals surface area contributed by atoms with Gasteiger partial charge in [-0.05, 0) is 33.1 Å². The van der Waals surface area contributed by atoms with Crippen molar-refractivity contribution in [2.75, 3.05) is 23.3 Å². The highest BCUT2D eigenvalue weighted by atomic mass is 15.3. The predicted molar refractivity (Wildman–Crippen MR) is 71.6 cm³/mol. The molecule has 0 aromatic carbocycles. The summed E-state index contributed by atoms with van der Waals surface area (Å²) in [6.45, 7) is 8.56. The van der Waals surface area contributed by atoms with E-state index < -0.39 is 0 Å². The molecule has 0 aliphatic carbocycles. The lowest BCUT2D eigenvalue weighted by Gasteiger charge is -2.18. The fourth-order valence-corrected chi connectivity index (χ4v) is 2.04. The van der Waals surface area contributed by atoms with E-state index in [0.717, 1.165) is 37.0 Å². The number of rotatable bonds is 4. The number of nitrogens with zero attached hydrogens (tertiary/aromatic N) is 3. The standard InChI is InChI=1S/C13H22N4/c1-4-10(2)14-12-9-11(3)15-13(16-12)17-7-5-6-8-17/h9-10H,4-8H2,1-3H3,(H,14,15,16). The van der Waals surface area contributed by atoms with E-state index >= 15 is 0 Å². The monoisotopic (exact) mass is 234 g/mol. The minimum atomic E-state index is 0.454. The first kappa shape index (κ1) is 12.1. The summed E-state index contributed by atoms with van der Waals surface area (Å²) in [7, 11) is 0.